The van der Waals surface area contributed by atoms with Gasteiger partial charge < -0.3 is 19.9 Å². The highest BCUT2D eigenvalue weighted by Crippen LogP contribution is 3.02. The summed E-state index contributed by atoms with van der Waals surface area (Å²) in [5.41, 5.74) is -2.56. The lowest BCUT2D eigenvalue weighted by Crippen LogP contribution is -2.42. The first-order chi connectivity index (χ1) is 17.0. The van der Waals surface area contributed by atoms with Gasteiger partial charge in [0.15, 0.2) is 0 Å². The van der Waals surface area contributed by atoms with E-state index in [0.717, 1.165) is 7.11 Å². The summed E-state index contributed by atoms with van der Waals surface area (Å²) in [5, 5.41) is 17.0. The molecule has 2 heterocycles. The maximum absolute atomic E-state index is 13.3. The molecule has 0 aromatic heterocycles. The lowest BCUT2D eigenvalue weighted by Gasteiger charge is -2.41. The lowest BCUT2D eigenvalue weighted by molar-refractivity contribution is -0.670. The maximum Gasteiger partial charge on any atom is 0.430 e. The van der Waals surface area contributed by atoms with Gasteiger partial charge in [0.25, 0.3) is 0 Å². The Morgan fingerprint density at radius 2 is 1.70 bits per heavy atom. The predicted molar refractivity (Wildman–Crippen MR) is 117 cm³/mol. The molecule has 2 aliphatic heterocycles. The molecule has 1 atom stereocenters. The van der Waals surface area contributed by atoms with Gasteiger partial charge in [-0.15, -0.1) is 0 Å². The number of alkyl halides is 3. The molecular weight excluding hydrogens is 550 g/mol. The van der Waals surface area contributed by atoms with Crippen LogP contribution in [0.15, 0.2) is 22.6 Å². The first kappa shape index (κ1) is 34.8. The van der Waals surface area contributed by atoms with Gasteiger partial charge in [-0.1, -0.05) is 26.4 Å². The number of hydrogen-bond donors (Lipinski definition) is 5. The van der Waals surface area contributed by atoms with Crippen molar-refractivity contribution in [2.24, 2.45) is 5.90 Å². The number of aryl methyl sites for hydroxylation is 1. The van der Waals surface area contributed by atoms with Gasteiger partial charge in [-0.3, -0.25) is 4.84 Å². The Labute approximate surface area is 207 Å². The summed E-state index contributed by atoms with van der Waals surface area (Å²) < 4.78 is 115. The fourth-order valence-electron chi connectivity index (χ4n) is 3.05. The van der Waals surface area contributed by atoms with Crippen LogP contribution in [0.5, 0.6) is 5.75 Å². The van der Waals surface area contributed by atoms with Gasteiger partial charge in [-0.2, -0.15) is 13.2 Å². The van der Waals surface area contributed by atoms with Crippen LogP contribution in [-0.2, 0) is 20.8 Å². The van der Waals surface area contributed by atoms with E-state index < -0.39 is 62.6 Å². The number of carbonyl (C=O) groups is 1. The Hall–Kier alpha value is -2.22. The first-order valence-electron chi connectivity index (χ1n) is 10.3. The van der Waals surface area contributed by atoms with E-state index in [-0.39, 0.29) is 18.6 Å². The van der Waals surface area contributed by atoms with E-state index >= 15 is 0 Å². The summed E-state index contributed by atoms with van der Waals surface area (Å²) in [5.74, 6) is 4.48. The number of benzene rings is 1. The minimum atomic E-state index is -10.1. The van der Waals surface area contributed by atoms with Crippen LogP contribution in [0, 0.1) is 0 Å². The van der Waals surface area contributed by atoms with Crippen molar-refractivity contribution in [2.75, 3.05) is 27.0 Å². The topological polar surface area (TPSA) is 151 Å². The average molecular weight is 581 g/mol. The normalized spacial score (nSPS) is 18.4. The largest absolute Gasteiger partial charge is 0.475 e. The summed E-state index contributed by atoms with van der Waals surface area (Å²) in [7, 11) is -9.14. The van der Waals surface area contributed by atoms with Gasteiger partial charge in [0.05, 0.1) is 5.57 Å². The van der Waals surface area contributed by atoms with Crippen molar-refractivity contribution >= 4 is 22.3 Å². The van der Waals surface area contributed by atoms with Gasteiger partial charge in [0.2, 0.25) is 12.9 Å². The summed E-state index contributed by atoms with van der Waals surface area (Å²) in [6.45, 7) is 2.78. The number of rotatable bonds is 5. The zero-order chi connectivity index (χ0) is 29.1. The molecule has 1 unspecified atom stereocenters. The number of aliphatic hydroxyl groups is 1. The van der Waals surface area contributed by atoms with Crippen LogP contribution in [0.2, 0.25) is 0 Å². The third-order valence-corrected chi connectivity index (χ3v) is 5.70. The second kappa shape index (κ2) is 13.0. The van der Waals surface area contributed by atoms with Crippen molar-refractivity contribution in [1.29, 1.82) is 0 Å². The Morgan fingerprint density at radius 3 is 2.08 bits per heavy atom. The van der Waals surface area contributed by atoms with Crippen molar-refractivity contribution in [1.82, 2.24) is 5.32 Å². The van der Waals surface area contributed by atoms with Crippen LogP contribution in [0.4, 0.5) is 32.6 Å². The molecule has 0 aliphatic carbocycles. The van der Waals surface area contributed by atoms with E-state index in [0.29, 0.717) is 6.08 Å². The van der Waals surface area contributed by atoms with Crippen molar-refractivity contribution < 1.29 is 67.9 Å². The summed E-state index contributed by atoms with van der Waals surface area (Å²) in [6, 6.07) is -0.0391. The molecule has 37 heavy (non-hydrogen) atoms. The van der Waals surface area contributed by atoms with E-state index in [1.54, 1.807) is 0 Å². The zero-order valence-electron chi connectivity index (χ0n) is 19.8. The van der Waals surface area contributed by atoms with Crippen molar-refractivity contribution in [3.05, 3.63) is 28.8 Å². The highest BCUT2D eigenvalue weighted by Gasteiger charge is 2.65. The number of esters is 1. The minimum Gasteiger partial charge on any atom is -0.475 e. The number of hydrogen-bond acceptors (Lipinski definition) is 8. The summed E-state index contributed by atoms with van der Waals surface area (Å²) in [6.07, 6.45) is -5.25. The second-order valence-corrected chi connectivity index (χ2v) is 9.55. The molecule has 8 N–H and O–H groups in total. The molecule has 18 heteroatoms. The predicted octanol–water partition coefficient (Wildman–Crippen LogP) is 3.60. The molecule has 0 amide bonds. The van der Waals surface area contributed by atoms with Crippen LogP contribution >= 0.6 is 10.2 Å². The third-order valence-electron chi connectivity index (χ3n) is 4.57. The molecule has 9 nitrogen and oxygen atoms in total. The smallest absolute Gasteiger partial charge is 0.430 e. The first-order valence-corrected chi connectivity index (χ1v) is 12.2. The zero-order valence-corrected chi connectivity index (χ0v) is 20.6. The fourth-order valence-corrected chi connectivity index (χ4v) is 3.76. The Balaban J connectivity index is 0.00000124. The van der Waals surface area contributed by atoms with Crippen LogP contribution in [0.3, 0.4) is 0 Å². The van der Waals surface area contributed by atoms with Gasteiger partial charge in [-0.25, -0.2) is 21.8 Å². The Bertz CT molecular complexity index is 918. The SMILES string of the molecule is C1CCNC1.CCc1cc(S(F)(F)(F)(F)F)cc2c1OC(C(F)(F)F)C(C(=O)OCON)=C2.CO.[NH3+]O. The summed E-state index contributed by atoms with van der Waals surface area (Å²) in [4.78, 5) is 13.4. The molecule has 1 fully saturated rings. The Morgan fingerprint density at radius 1 is 1.16 bits per heavy atom. The molecule has 0 saturated carbocycles. The van der Waals surface area contributed by atoms with E-state index in [1.807, 2.05) is 0 Å². The highest BCUT2D eigenvalue weighted by atomic mass is 32.5. The molecule has 2 aliphatic rings. The molecule has 0 bridgehead atoms. The van der Waals surface area contributed by atoms with Crippen LogP contribution in [-0.4, -0.2) is 55.6 Å². The molecule has 1 saturated heterocycles. The molecule has 0 spiro atoms. The molecule has 3 rings (SSSR count). The van der Waals surface area contributed by atoms with E-state index in [2.05, 4.69) is 26.7 Å². The maximum atomic E-state index is 13.3. The van der Waals surface area contributed by atoms with Crippen LogP contribution in [0.25, 0.3) is 6.08 Å². The number of ether oxygens (including phenoxy) is 2. The number of nitrogens with two attached hydrogens (primary N) is 1. The quantitative estimate of drug-likeness (QED) is 0.153. The van der Waals surface area contributed by atoms with Gasteiger partial charge >= 0.3 is 22.4 Å². The van der Waals surface area contributed by atoms with Crippen LogP contribution < -0.4 is 21.8 Å². The molecule has 1 aromatic rings. The van der Waals surface area contributed by atoms with Crippen LogP contribution in [0.1, 0.15) is 30.9 Å². The molecule has 1 aromatic carbocycles. The standard InChI is InChI=1S/C14H13F8NO4S.C4H9N.CH4O.H4NO/c1-2-7-3-9(28(18,19,20,21)22)4-8-5-10(13(24)25-6-26-23)12(14(15,16)17)27-11(7)8;1-2-4-5-3-1;2*1-2/h3-5,12H,2,6,23H2,1H3;5H,1-4H2;2*2H,1H3/q;;;+1. The minimum absolute atomic E-state index is 0.0350. The monoisotopic (exact) mass is 580 g/mol. The highest BCUT2D eigenvalue weighted by molar-refractivity contribution is 8.45. The van der Waals surface area contributed by atoms with E-state index in [1.165, 1.54) is 32.9 Å². The molecular formula is C19H30F8N3O6S+. The fraction of sp³-hybridized carbons (Fsp3) is 0.526. The number of aliphatic hydroxyl groups excluding tert-OH is 1. The van der Waals surface area contributed by atoms with Gasteiger partial charge in [0, 0.05) is 12.7 Å². The number of carbonyl (C=O) groups excluding carboxylic acids is 1. The Kier molecular flexibility index (Phi) is 12.2. The van der Waals surface area contributed by atoms with E-state index in [9.17, 15) is 37.4 Å². The lowest BCUT2D eigenvalue weighted by atomic mass is 9.98. The molecule has 218 valence electrons. The van der Waals surface area contributed by atoms with Crippen molar-refractivity contribution in [2.45, 2.75) is 43.4 Å². The average Bonchev–Trinajstić information content (AvgIpc) is 3.42. The number of nitrogens with one attached hydrogen (secondary N) is 1. The second-order valence-electron chi connectivity index (χ2n) is 7.14. The number of quaternary nitrogens is 1. The van der Waals surface area contributed by atoms with Gasteiger partial charge in [0.1, 0.15) is 10.6 Å². The third kappa shape index (κ3) is 10.6. The van der Waals surface area contributed by atoms with Crippen molar-refractivity contribution in [3.63, 3.8) is 0 Å². The molecule has 0 radical (unpaired) electrons. The van der Waals surface area contributed by atoms with Crippen molar-refractivity contribution in [3.8, 4) is 5.75 Å². The summed E-state index contributed by atoms with van der Waals surface area (Å²) >= 11 is 0. The number of fused-ring (bicyclic) bond motifs is 1. The van der Waals surface area contributed by atoms with E-state index in [4.69, 9.17) is 15.1 Å². The van der Waals surface area contributed by atoms with Gasteiger partial charge in [-0.05, 0) is 56.1 Å². The number of halogens is 8.